The number of sulfone groups is 1. The average molecular weight is 453 g/mol. The Labute approximate surface area is 181 Å². The van der Waals surface area contributed by atoms with Gasteiger partial charge in [-0.05, 0) is 61.6 Å². The van der Waals surface area contributed by atoms with Gasteiger partial charge in [-0.25, -0.2) is 8.42 Å². The van der Waals surface area contributed by atoms with Gasteiger partial charge in [0.15, 0.2) is 9.84 Å². The summed E-state index contributed by atoms with van der Waals surface area (Å²) in [6, 6.07) is 12.6. The van der Waals surface area contributed by atoms with Gasteiger partial charge in [0.1, 0.15) is 0 Å². The first-order chi connectivity index (χ1) is 13.8. The fourth-order valence-electron chi connectivity index (χ4n) is 3.38. The van der Waals surface area contributed by atoms with Crippen LogP contribution in [0.15, 0.2) is 52.3 Å². The second kappa shape index (κ2) is 9.41. The van der Waals surface area contributed by atoms with Gasteiger partial charge in [-0.1, -0.05) is 18.5 Å². The van der Waals surface area contributed by atoms with Gasteiger partial charge in [0, 0.05) is 29.7 Å². The molecule has 0 saturated carbocycles. The largest absolute Gasteiger partial charge is 0.371 e. The molecule has 0 aromatic heterocycles. The number of carbonyl (C=O) groups is 1. The summed E-state index contributed by atoms with van der Waals surface area (Å²) in [6.07, 6.45) is 3.60. The minimum atomic E-state index is -3.18. The highest BCUT2D eigenvalue weighted by atomic mass is 35.5. The van der Waals surface area contributed by atoms with E-state index in [1.54, 1.807) is 36.9 Å². The summed E-state index contributed by atoms with van der Waals surface area (Å²) in [5.74, 6) is -0.0418. The van der Waals surface area contributed by atoms with Gasteiger partial charge in [-0.2, -0.15) is 0 Å². The van der Waals surface area contributed by atoms with Gasteiger partial charge in [0.05, 0.1) is 21.2 Å². The molecule has 0 atom stereocenters. The number of nitrogens with zero attached hydrogens (tertiary/aromatic N) is 1. The Morgan fingerprint density at radius 1 is 1.17 bits per heavy atom. The fraction of sp³-hybridized carbons (Fsp3) is 0.381. The molecule has 0 unspecified atom stereocenters. The highest BCUT2D eigenvalue weighted by molar-refractivity contribution is 7.98. The van der Waals surface area contributed by atoms with Crippen molar-refractivity contribution < 1.29 is 13.2 Å². The zero-order chi connectivity index (χ0) is 21.0. The molecule has 0 spiro atoms. The minimum Gasteiger partial charge on any atom is -0.371 e. The first-order valence-corrected chi connectivity index (χ1v) is 12.8. The van der Waals surface area contributed by atoms with Crippen molar-refractivity contribution in [2.24, 2.45) is 0 Å². The van der Waals surface area contributed by atoms with Crippen LogP contribution in [0, 0.1) is 0 Å². The molecule has 1 fully saturated rings. The van der Waals surface area contributed by atoms with E-state index in [1.807, 2.05) is 30.5 Å². The molecule has 2 aromatic rings. The van der Waals surface area contributed by atoms with Crippen molar-refractivity contribution in [3.05, 3.63) is 53.1 Å². The maximum atomic E-state index is 12.6. The lowest BCUT2D eigenvalue weighted by atomic mass is 10.0. The van der Waals surface area contributed by atoms with E-state index in [4.69, 9.17) is 11.6 Å². The van der Waals surface area contributed by atoms with Crippen molar-refractivity contribution in [3.63, 3.8) is 0 Å². The zero-order valence-corrected chi connectivity index (χ0v) is 18.9. The van der Waals surface area contributed by atoms with Crippen molar-refractivity contribution >= 4 is 44.8 Å². The first kappa shape index (κ1) is 22.0. The van der Waals surface area contributed by atoms with E-state index in [1.165, 1.54) is 0 Å². The number of hydrogen-bond donors (Lipinski definition) is 1. The normalized spacial score (nSPS) is 15.3. The summed E-state index contributed by atoms with van der Waals surface area (Å²) < 4.78 is 23.9. The Hall–Kier alpha value is -1.70. The number of thioether (sulfide) groups is 1. The molecule has 3 rings (SSSR count). The van der Waals surface area contributed by atoms with Crippen LogP contribution >= 0.6 is 23.4 Å². The van der Waals surface area contributed by atoms with Crippen molar-refractivity contribution in [1.29, 1.82) is 0 Å². The van der Waals surface area contributed by atoms with E-state index in [2.05, 4.69) is 10.2 Å². The number of rotatable bonds is 6. The fourth-order valence-corrected chi connectivity index (χ4v) is 4.91. The van der Waals surface area contributed by atoms with Crippen LogP contribution in [-0.2, 0) is 9.84 Å². The molecule has 1 amide bonds. The maximum absolute atomic E-state index is 12.6. The Morgan fingerprint density at radius 2 is 1.83 bits per heavy atom. The molecule has 1 aliphatic rings. The lowest BCUT2D eigenvalue weighted by Gasteiger charge is -2.34. The molecule has 1 aliphatic heterocycles. The third kappa shape index (κ3) is 5.27. The van der Waals surface area contributed by atoms with Crippen LogP contribution < -0.4 is 10.2 Å². The van der Waals surface area contributed by atoms with Gasteiger partial charge in [-0.15, -0.1) is 11.8 Å². The molecule has 2 aromatic carbocycles. The third-order valence-corrected chi connectivity index (χ3v) is 7.99. The molecule has 1 saturated heterocycles. The van der Waals surface area contributed by atoms with Crippen molar-refractivity contribution in [1.82, 2.24) is 5.32 Å². The van der Waals surface area contributed by atoms with E-state index in [0.29, 0.717) is 15.5 Å². The van der Waals surface area contributed by atoms with Crippen LogP contribution in [0.4, 0.5) is 5.69 Å². The van der Waals surface area contributed by atoms with Crippen LogP contribution in [0.2, 0.25) is 5.02 Å². The Bertz CT molecular complexity index is 970. The van der Waals surface area contributed by atoms with Crippen molar-refractivity contribution in [3.8, 4) is 0 Å². The summed E-state index contributed by atoms with van der Waals surface area (Å²) in [4.78, 5) is 16.2. The molecule has 1 N–H and O–H groups in total. The highest BCUT2D eigenvalue weighted by Crippen LogP contribution is 2.25. The van der Waals surface area contributed by atoms with Crippen LogP contribution in [-0.4, -0.2) is 45.5 Å². The molecule has 0 radical (unpaired) electrons. The van der Waals surface area contributed by atoms with Gasteiger partial charge in [0.25, 0.3) is 5.91 Å². The molecular weight excluding hydrogens is 428 g/mol. The lowest BCUT2D eigenvalue weighted by molar-refractivity contribution is 0.0931. The predicted molar refractivity (Wildman–Crippen MR) is 120 cm³/mol. The van der Waals surface area contributed by atoms with Gasteiger partial charge in [-0.3, -0.25) is 4.79 Å². The number of nitrogens with one attached hydrogen (secondary N) is 1. The number of carbonyl (C=O) groups excluding carboxylic acids is 1. The predicted octanol–water partition coefficient (Wildman–Crippen LogP) is 4.25. The standard InChI is InChI=1S/C21H25ClN2O3S2/c1-3-29(26,27)18-7-4-16(5-8-18)24-12-10-15(11-13-24)23-21(25)19-14-17(28-2)6-9-20(19)22/h4-9,14-15H,3,10-13H2,1-2H3,(H,23,25). The number of anilines is 1. The Kier molecular flexibility index (Phi) is 7.14. The molecule has 1 heterocycles. The number of hydrogen-bond acceptors (Lipinski definition) is 5. The van der Waals surface area contributed by atoms with E-state index >= 15 is 0 Å². The molecule has 5 nitrogen and oxygen atoms in total. The van der Waals surface area contributed by atoms with Crippen LogP contribution in [0.3, 0.4) is 0 Å². The summed E-state index contributed by atoms with van der Waals surface area (Å²) in [7, 11) is -3.18. The second-order valence-electron chi connectivity index (χ2n) is 6.98. The van der Waals surface area contributed by atoms with E-state index in [-0.39, 0.29) is 17.7 Å². The number of amides is 1. The van der Waals surface area contributed by atoms with E-state index < -0.39 is 9.84 Å². The molecule has 0 bridgehead atoms. The van der Waals surface area contributed by atoms with Gasteiger partial charge in [0.2, 0.25) is 0 Å². The summed E-state index contributed by atoms with van der Waals surface area (Å²) in [6.45, 7) is 3.24. The van der Waals surface area contributed by atoms with E-state index in [0.717, 1.165) is 36.5 Å². The number of benzene rings is 2. The maximum Gasteiger partial charge on any atom is 0.253 e. The molecule has 0 aliphatic carbocycles. The van der Waals surface area contributed by atoms with Crippen molar-refractivity contribution in [2.45, 2.75) is 35.6 Å². The first-order valence-electron chi connectivity index (χ1n) is 9.56. The summed E-state index contributed by atoms with van der Waals surface area (Å²) in [5, 5.41) is 3.56. The minimum absolute atomic E-state index is 0.0903. The van der Waals surface area contributed by atoms with E-state index in [9.17, 15) is 13.2 Å². The van der Waals surface area contributed by atoms with Crippen LogP contribution in [0.25, 0.3) is 0 Å². The van der Waals surface area contributed by atoms with Crippen LogP contribution in [0.1, 0.15) is 30.1 Å². The molecule has 156 valence electrons. The summed E-state index contributed by atoms with van der Waals surface area (Å²) in [5.41, 5.74) is 1.51. The van der Waals surface area contributed by atoms with Crippen LogP contribution in [0.5, 0.6) is 0 Å². The summed E-state index contributed by atoms with van der Waals surface area (Å²) >= 11 is 7.78. The van der Waals surface area contributed by atoms with Gasteiger partial charge >= 0.3 is 0 Å². The highest BCUT2D eigenvalue weighted by Gasteiger charge is 2.23. The third-order valence-electron chi connectivity index (χ3n) is 5.19. The molecular formula is C21H25ClN2O3S2. The van der Waals surface area contributed by atoms with Crippen molar-refractivity contribution in [2.75, 3.05) is 30.0 Å². The Balaban J connectivity index is 1.59. The Morgan fingerprint density at radius 3 is 2.41 bits per heavy atom. The average Bonchev–Trinajstić information content (AvgIpc) is 2.74. The SMILES string of the molecule is CCS(=O)(=O)c1ccc(N2CCC(NC(=O)c3cc(SC)ccc3Cl)CC2)cc1. The molecule has 8 heteroatoms. The quantitative estimate of drug-likeness (QED) is 0.663. The topological polar surface area (TPSA) is 66.5 Å². The monoisotopic (exact) mass is 452 g/mol. The smallest absolute Gasteiger partial charge is 0.253 e. The molecule has 29 heavy (non-hydrogen) atoms. The number of piperidine rings is 1. The lowest BCUT2D eigenvalue weighted by Crippen LogP contribution is -2.44. The second-order valence-corrected chi connectivity index (χ2v) is 10.5. The number of halogens is 1. The zero-order valence-electron chi connectivity index (χ0n) is 16.5. The van der Waals surface area contributed by atoms with Gasteiger partial charge < -0.3 is 10.2 Å².